The maximum Gasteiger partial charge on any atom is 0.165 e. The Kier molecular flexibility index (Phi) is 7.86. The van der Waals surface area contributed by atoms with E-state index >= 15 is 0 Å². The first kappa shape index (κ1) is 18.1. The van der Waals surface area contributed by atoms with Crippen LogP contribution in [-0.2, 0) is 6.54 Å². The third-order valence-electron chi connectivity index (χ3n) is 4.11. The fourth-order valence-corrected chi connectivity index (χ4v) is 3.08. The first-order chi connectivity index (χ1) is 9.80. The molecule has 1 atom stereocenters. The van der Waals surface area contributed by atoms with Crippen LogP contribution < -0.4 is 15.2 Å². The molecule has 0 aliphatic carbocycles. The maximum atomic E-state index is 5.75. The highest BCUT2D eigenvalue weighted by atomic mass is 35.5. The number of benzene rings is 1. The van der Waals surface area contributed by atoms with Gasteiger partial charge in [-0.15, -0.1) is 12.4 Å². The van der Waals surface area contributed by atoms with E-state index in [0.29, 0.717) is 6.04 Å². The van der Waals surface area contributed by atoms with E-state index in [0.717, 1.165) is 37.6 Å². The summed E-state index contributed by atoms with van der Waals surface area (Å²) in [6.45, 7) is 2.81. The molecule has 1 aromatic rings. The molecular weight excluding hydrogens is 288 g/mol. The predicted molar refractivity (Wildman–Crippen MR) is 88.5 cm³/mol. The standard InChI is InChI=1S/C16H26N2O2.ClH/c1-19-15-8-5-6-13(16(15)20-2)12-18-11-4-3-7-14(18)9-10-17;/h5-6,8,14H,3-4,7,9-12,17H2,1-2H3;1H. The molecule has 0 saturated carbocycles. The summed E-state index contributed by atoms with van der Waals surface area (Å²) in [5.41, 5.74) is 6.94. The van der Waals surface area contributed by atoms with Gasteiger partial charge in [-0.2, -0.15) is 0 Å². The Morgan fingerprint density at radius 1 is 1.24 bits per heavy atom. The van der Waals surface area contributed by atoms with E-state index in [1.54, 1.807) is 14.2 Å². The minimum Gasteiger partial charge on any atom is -0.493 e. The molecule has 120 valence electrons. The summed E-state index contributed by atoms with van der Waals surface area (Å²) in [5, 5.41) is 0. The van der Waals surface area contributed by atoms with Crippen molar-refractivity contribution in [2.75, 3.05) is 27.3 Å². The van der Waals surface area contributed by atoms with Crippen molar-refractivity contribution in [1.82, 2.24) is 4.90 Å². The van der Waals surface area contributed by atoms with E-state index in [1.807, 2.05) is 12.1 Å². The van der Waals surface area contributed by atoms with Gasteiger partial charge in [-0.3, -0.25) is 4.90 Å². The van der Waals surface area contributed by atoms with Crippen LogP contribution in [0.2, 0.25) is 0 Å². The van der Waals surface area contributed by atoms with Gasteiger partial charge < -0.3 is 15.2 Å². The highest BCUT2D eigenvalue weighted by Gasteiger charge is 2.23. The number of rotatable bonds is 6. The molecule has 0 bridgehead atoms. The van der Waals surface area contributed by atoms with Crippen molar-refractivity contribution in [3.8, 4) is 11.5 Å². The summed E-state index contributed by atoms with van der Waals surface area (Å²) in [6, 6.07) is 6.69. The third-order valence-corrected chi connectivity index (χ3v) is 4.11. The third kappa shape index (κ3) is 4.50. The summed E-state index contributed by atoms with van der Waals surface area (Å²) in [5.74, 6) is 1.66. The van der Waals surface area contributed by atoms with Crippen molar-refractivity contribution in [2.24, 2.45) is 5.73 Å². The van der Waals surface area contributed by atoms with E-state index in [2.05, 4.69) is 11.0 Å². The minimum absolute atomic E-state index is 0. The molecule has 1 aromatic carbocycles. The van der Waals surface area contributed by atoms with Gasteiger partial charge in [-0.1, -0.05) is 18.6 Å². The van der Waals surface area contributed by atoms with Crippen LogP contribution in [0, 0.1) is 0 Å². The molecule has 1 heterocycles. The zero-order chi connectivity index (χ0) is 14.4. The summed E-state index contributed by atoms with van der Waals surface area (Å²) in [6.07, 6.45) is 4.92. The Hall–Kier alpha value is -0.970. The molecule has 5 heteroatoms. The number of nitrogens with zero attached hydrogens (tertiary/aromatic N) is 1. The molecule has 2 rings (SSSR count). The lowest BCUT2D eigenvalue weighted by Crippen LogP contribution is -2.40. The molecule has 0 spiro atoms. The Morgan fingerprint density at radius 2 is 2.05 bits per heavy atom. The molecule has 1 saturated heterocycles. The van der Waals surface area contributed by atoms with Gasteiger partial charge in [0.2, 0.25) is 0 Å². The fourth-order valence-electron chi connectivity index (χ4n) is 3.08. The number of para-hydroxylation sites is 1. The monoisotopic (exact) mass is 314 g/mol. The second-order valence-corrected chi connectivity index (χ2v) is 5.35. The van der Waals surface area contributed by atoms with E-state index in [-0.39, 0.29) is 12.4 Å². The van der Waals surface area contributed by atoms with Crippen LogP contribution in [0.1, 0.15) is 31.2 Å². The first-order valence-electron chi connectivity index (χ1n) is 7.44. The number of nitrogens with two attached hydrogens (primary N) is 1. The van der Waals surface area contributed by atoms with Crippen molar-refractivity contribution in [3.63, 3.8) is 0 Å². The van der Waals surface area contributed by atoms with Crippen LogP contribution in [0.25, 0.3) is 0 Å². The maximum absolute atomic E-state index is 5.75. The number of halogens is 1. The number of piperidine rings is 1. The largest absolute Gasteiger partial charge is 0.493 e. The topological polar surface area (TPSA) is 47.7 Å². The van der Waals surface area contributed by atoms with Crippen molar-refractivity contribution < 1.29 is 9.47 Å². The van der Waals surface area contributed by atoms with Crippen LogP contribution in [-0.4, -0.2) is 38.3 Å². The van der Waals surface area contributed by atoms with Crippen LogP contribution in [0.4, 0.5) is 0 Å². The second-order valence-electron chi connectivity index (χ2n) is 5.35. The first-order valence-corrected chi connectivity index (χ1v) is 7.44. The van der Waals surface area contributed by atoms with Gasteiger partial charge in [0.1, 0.15) is 0 Å². The molecular formula is C16H27ClN2O2. The Balaban J connectivity index is 0.00000220. The highest BCUT2D eigenvalue weighted by Crippen LogP contribution is 2.33. The van der Waals surface area contributed by atoms with Crippen LogP contribution in [0.5, 0.6) is 11.5 Å². The van der Waals surface area contributed by atoms with Crippen molar-refractivity contribution >= 4 is 12.4 Å². The van der Waals surface area contributed by atoms with Crippen LogP contribution in [0.3, 0.4) is 0 Å². The Labute approximate surface area is 134 Å². The highest BCUT2D eigenvalue weighted by molar-refractivity contribution is 5.85. The van der Waals surface area contributed by atoms with Gasteiger partial charge in [0, 0.05) is 18.2 Å². The van der Waals surface area contributed by atoms with Gasteiger partial charge in [0.25, 0.3) is 0 Å². The average Bonchev–Trinajstić information content (AvgIpc) is 2.49. The normalized spacial score (nSPS) is 18.9. The van der Waals surface area contributed by atoms with Gasteiger partial charge in [-0.25, -0.2) is 0 Å². The molecule has 0 radical (unpaired) electrons. The number of ether oxygens (including phenoxy) is 2. The van der Waals surface area contributed by atoms with Gasteiger partial charge in [-0.05, 0) is 38.4 Å². The van der Waals surface area contributed by atoms with Gasteiger partial charge in [0.05, 0.1) is 14.2 Å². The minimum atomic E-state index is 0. The number of hydrogen-bond acceptors (Lipinski definition) is 4. The molecule has 2 N–H and O–H groups in total. The fraction of sp³-hybridized carbons (Fsp3) is 0.625. The van der Waals surface area contributed by atoms with Crippen molar-refractivity contribution in [2.45, 2.75) is 38.3 Å². The van der Waals surface area contributed by atoms with Crippen LogP contribution >= 0.6 is 12.4 Å². The lowest BCUT2D eigenvalue weighted by Gasteiger charge is -2.36. The number of likely N-dealkylation sites (tertiary alicyclic amines) is 1. The number of methoxy groups -OCH3 is 2. The summed E-state index contributed by atoms with van der Waals surface area (Å²) in [4.78, 5) is 2.54. The van der Waals surface area contributed by atoms with Crippen molar-refractivity contribution in [1.29, 1.82) is 0 Å². The SMILES string of the molecule is COc1cccc(CN2CCCCC2CCN)c1OC.Cl. The molecule has 1 aliphatic heterocycles. The van der Waals surface area contributed by atoms with E-state index in [9.17, 15) is 0 Å². The smallest absolute Gasteiger partial charge is 0.165 e. The molecule has 0 amide bonds. The molecule has 1 fully saturated rings. The average molecular weight is 315 g/mol. The summed E-state index contributed by atoms with van der Waals surface area (Å²) >= 11 is 0. The molecule has 0 aromatic heterocycles. The summed E-state index contributed by atoms with van der Waals surface area (Å²) < 4.78 is 10.9. The van der Waals surface area contributed by atoms with Crippen LogP contribution in [0.15, 0.2) is 18.2 Å². The molecule has 4 nitrogen and oxygen atoms in total. The Morgan fingerprint density at radius 3 is 2.71 bits per heavy atom. The lowest BCUT2D eigenvalue weighted by molar-refractivity contribution is 0.132. The van der Waals surface area contributed by atoms with E-state index in [1.165, 1.54) is 24.8 Å². The second kappa shape index (κ2) is 9.13. The molecule has 1 aliphatic rings. The predicted octanol–water partition coefficient (Wildman–Crippen LogP) is 2.83. The quantitative estimate of drug-likeness (QED) is 0.877. The summed E-state index contributed by atoms with van der Waals surface area (Å²) in [7, 11) is 3.38. The van der Waals surface area contributed by atoms with Gasteiger partial charge in [0.15, 0.2) is 11.5 Å². The molecule has 1 unspecified atom stereocenters. The number of hydrogen-bond donors (Lipinski definition) is 1. The van der Waals surface area contributed by atoms with Gasteiger partial charge >= 0.3 is 0 Å². The van der Waals surface area contributed by atoms with E-state index in [4.69, 9.17) is 15.2 Å². The lowest BCUT2D eigenvalue weighted by atomic mass is 9.98. The van der Waals surface area contributed by atoms with E-state index < -0.39 is 0 Å². The van der Waals surface area contributed by atoms with Crippen molar-refractivity contribution in [3.05, 3.63) is 23.8 Å². The zero-order valence-corrected chi connectivity index (χ0v) is 13.8. The molecule has 21 heavy (non-hydrogen) atoms. The zero-order valence-electron chi connectivity index (χ0n) is 13.0. The Bertz CT molecular complexity index is 427.